The van der Waals surface area contributed by atoms with Gasteiger partial charge in [0, 0.05) is 11.2 Å². The molecule has 1 aromatic carbocycles. The first-order valence-electron chi connectivity index (χ1n) is 8.63. The monoisotopic (exact) mass is 393 g/mol. The summed E-state index contributed by atoms with van der Waals surface area (Å²) in [6.07, 6.45) is 2.52. The van der Waals surface area contributed by atoms with Gasteiger partial charge in [0.05, 0.1) is 19.8 Å². The number of hydrogen-bond donors (Lipinski definition) is 0. The molecular weight excluding hydrogens is 378 g/mol. The molecule has 1 aliphatic carbocycles. The quantitative estimate of drug-likeness (QED) is 0.651. The van der Waals surface area contributed by atoms with Crippen molar-refractivity contribution in [2.75, 3.05) is 14.2 Å². The molecule has 2 heterocycles. The summed E-state index contributed by atoms with van der Waals surface area (Å²) in [6.45, 7) is 0. The Labute approximate surface area is 166 Å². The van der Waals surface area contributed by atoms with Crippen molar-refractivity contribution in [1.29, 1.82) is 5.26 Å². The van der Waals surface area contributed by atoms with Gasteiger partial charge < -0.3 is 9.47 Å². The second-order valence-corrected chi connectivity index (χ2v) is 6.86. The number of benzene rings is 1. The molecule has 4 rings (SSSR count). The number of ether oxygens (including phenoxy) is 2. The van der Waals surface area contributed by atoms with Crippen LogP contribution in [0.4, 0.5) is 0 Å². The molecule has 1 fully saturated rings. The Morgan fingerprint density at radius 2 is 1.89 bits per heavy atom. The van der Waals surface area contributed by atoms with Crippen molar-refractivity contribution in [2.24, 2.45) is 0 Å². The predicted octanol–water partition coefficient (Wildman–Crippen LogP) is 3.75. The maximum atomic E-state index is 9.48. The SMILES string of the molecule is COc1ncc(-c2cc(C3CC3c3ccc(Cl)cc3)c(C#N)nn2)c(OC)n1. The van der Waals surface area contributed by atoms with Gasteiger partial charge in [-0.05, 0) is 47.6 Å². The number of nitriles is 1. The van der Waals surface area contributed by atoms with Crippen LogP contribution in [-0.2, 0) is 0 Å². The van der Waals surface area contributed by atoms with E-state index < -0.39 is 0 Å². The molecule has 2 atom stereocenters. The molecule has 0 bridgehead atoms. The average Bonchev–Trinajstić information content (AvgIpc) is 3.54. The van der Waals surface area contributed by atoms with E-state index in [0.717, 1.165) is 12.0 Å². The summed E-state index contributed by atoms with van der Waals surface area (Å²) in [5.74, 6) is 0.868. The molecule has 1 aliphatic rings. The van der Waals surface area contributed by atoms with Crippen molar-refractivity contribution in [3.05, 3.63) is 58.4 Å². The van der Waals surface area contributed by atoms with Gasteiger partial charge in [-0.2, -0.15) is 10.2 Å². The van der Waals surface area contributed by atoms with Gasteiger partial charge >= 0.3 is 6.01 Å². The standard InChI is InChI=1S/C20H16ClN5O2/c1-27-19-16(10-23-20(24-19)28-2)17-8-15(18(9-22)26-25-17)14-7-13(14)11-3-5-12(21)6-4-11/h3-6,8,10,13-14H,7H2,1-2H3. The highest BCUT2D eigenvalue weighted by molar-refractivity contribution is 6.30. The van der Waals surface area contributed by atoms with Gasteiger partial charge in [-0.3, -0.25) is 0 Å². The molecule has 2 unspecified atom stereocenters. The van der Waals surface area contributed by atoms with Gasteiger partial charge in [-0.15, -0.1) is 10.2 Å². The van der Waals surface area contributed by atoms with E-state index in [1.165, 1.54) is 19.8 Å². The number of nitrogens with zero attached hydrogens (tertiary/aromatic N) is 5. The first-order chi connectivity index (χ1) is 13.6. The molecule has 0 spiro atoms. The van der Waals surface area contributed by atoms with E-state index in [1.54, 1.807) is 6.20 Å². The number of methoxy groups -OCH3 is 2. The lowest BCUT2D eigenvalue weighted by Crippen LogP contribution is -2.02. The zero-order chi connectivity index (χ0) is 19.7. The second-order valence-electron chi connectivity index (χ2n) is 6.43. The van der Waals surface area contributed by atoms with Gasteiger partial charge in [-0.1, -0.05) is 23.7 Å². The molecule has 7 nitrogen and oxygen atoms in total. The lowest BCUT2D eigenvalue weighted by Gasteiger charge is -2.09. The molecular formula is C20H16ClN5O2. The van der Waals surface area contributed by atoms with Crippen molar-refractivity contribution < 1.29 is 9.47 Å². The summed E-state index contributed by atoms with van der Waals surface area (Å²) in [7, 11) is 3.00. The Morgan fingerprint density at radius 3 is 2.57 bits per heavy atom. The third kappa shape index (κ3) is 3.35. The molecule has 140 valence electrons. The fraction of sp³-hybridized carbons (Fsp3) is 0.250. The van der Waals surface area contributed by atoms with Crippen molar-refractivity contribution in [2.45, 2.75) is 18.3 Å². The minimum absolute atomic E-state index is 0.201. The molecule has 0 aliphatic heterocycles. The first-order valence-corrected chi connectivity index (χ1v) is 9.01. The third-order valence-corrected chi connectivity index (χ3v) is 5.05. The zero-order valence-corrected chi connectivity index (χ0v) is 16.0. The van der Waals surface area contributed by atoms with Crippen LogP contribution in [0.15, 0.2) is 36.5 Å². The number of hydrogen-bond acceptors (Lipinski definition) is 7. The average molecular weight is 394 g/mol. The van der Waals surface area contributed by atoms with Crippen LogP contribution in [-0.4, -0.2) is 34.4 Å². The maximum absolute atomic E-state index is 9.48. The van der Waals surface area contributed by atoms with Crippen LogP contribution in [0.2, 0.25) is 5.02 Å². The summed E-state index contributed by atoms with van der Waals surface area (Å²) in [4.78, 5) is 8.32. The predicted molar refractivity (Wildman–Crippen MR) is 102 cm³/mol. The highest BCUT2D eigenvalue weighted by atomic mass is 35.5. The van der Waals surface area contributed by atoms with Crippen molar-refractivity contribution >= 4 is 11.6 Å². The van der Waals surface area contributed by atoms with E-state index in [2.05, 4.69) is 26.2 Å². The molecule has 1 saturated carbocycles. The summed E-state index contributed by atoms with van der Waals surface area (Å²) >= 11 is 5.98. The minimum atomic E-state index is 0.201. The largest absolute Gasteiger partial charge is 0.480 e. The molecule has 0 saturated heterocycles. The normalized spacial score (nSPS) is 17.6. The fourth-order valence-corrected chi connectivity index (χ4v) is 3.43. The summed E-state index contributed by atoms with van der Waals surface area (Å²) in [6, 6.07) is 12.0. The van der Waals surface area contributed by atoms with Crippen LogP contribution in [0.5, 0.6) is 11.9 Å². The summed E-state index contributed by atoms with van der Waals surface area (Å²) in [5, 5.41) is 18.5. The van der Waals surface area contributed by atoms with Crippen molar-refractivity contribution in [1.82, 2.24) is 20.2 Å². The van der Waals surface area contributed by atoms with E-state index in [9.17, 15) is 5.26 Å². The number of aromatic nitrogens is 4. The molecule has 0 radical (unpaired) electrons. The van der Waals surface area contributed by atoms with Crippen molar-refractivity contribution in [3.8, 4) is 29.2 Å². The Balaban J connectivity index is 1.70. The smallest absolute Gasteiger partial charge is 0.319 e. The second kappa shape index (κ2) is 7.41. The maximum Gasteiger partial charge on any atom is 0.319 e. The molecule has 0 N–H and O–H groups in total. The van der Waals surface area contributed by atoms with Crippen LogP contribution in [0.25, 0.3) is 11.3 Å². The highest BCUT2D eigenvalue weighted by Gasteiger charge is 2.41. The molecule has 8 heteroatoms. The summed E-state index contributed by atoms with van der Waals surface area (Å²) in [5.41, 5.74) is 3.53. The van der Waals surface area contributed by atoms with E-state index >= 15 is 0 Å². The van der Waals surface area contributed by atoms with Gasteiger partial charge in [0.25, 0.3) is 0 Å². The number of halogens is 1. The van der Waals surface area contributed by atoms with Crippen LogP contribution >= 0.6 is 11.6 Å². The third-order valence-electron chi connectivity index (χ3n) is 4.80. The van der Waals surface area contributed by atoms with E-state index in [0.29, 0.717) is 33.8 Å². The van der Waals surface area contributed by atoms with Crippen LogP contribution in [0.3, 0.4) is 0 Å². The fourth-order valence-electron chi connectivity index (χ4n) is 3.30. The van der Waals surface area contributed by atoms with Gasteiger partial charge in [0.15, 0.2) is 5.69 Å². The lowest BCUT2D eigenvalue weighted by atomic mass is 10.0. The van der Waals surface area contributed by atoms with Crippen LogP contribution < -0.4 is 9.47 Å². The van der Waals surface area contributed by atoms with Crippen LogP contribution in [0, 0.1) is 11.3 Å². The Morgan fingerprint density at radius 1 is 1.11 bits per heavy atom. The first kappa shape index (κ1) is 18.1. The molecule has 0 amide bonds. The van der Waals surface area contributed by atoms with Gasteiger partial charge in [0.1, 0.15) is 11.8 Å². The Kier molecular flexibility index (Phi) is 4.80. The van der Waals surface area contributed by atoms with Gasteiger partial charge in [-0.25, -0.2) is 4.98 Å². The number of rotatable bonds is 5. The van der Waals surface area contributed by atoms with E-state index in [4.69, 9.17) is 21.1 Å². The minimum Gasteiger partial charge on any atom is -0.480 e. The van der Waals surface area contributed by atoms with E-state index in [-0.39, 0.29) is 11.9 Å². The topological polar surface area (TPSA) is 93.8 Å². The Bertz CT molecular complexity index is 1070. The Hall–Kier alpha value is -3.24. The molecule has 3 aromatic rings. The highest BCUT2D eigenvalue weighted by Crippen LogP contribution is 2.55. The molecule has 28 heavy (non-hydrogen) atoms. The van der Waals surface area contributed by atoms with E-state index in [1.807, 2.05) is 30.3 Å². The lowest BCUT2D eigenvalue weighted by molar-refractivity contribution is 0.353. The molecule has 2 aromatic heterocycles. The van der Waals surface area contributed by atoms with Crippen molar-refractivity contribution in [3.63, 3.8) is 0 Å². The van der Waals surface area contributed by atoms with Gasteiger partial charge in [0.2, 0.25) is 5.88 Å². The summed E-state index contributed by atoms with van der Waals surface area (Å²) < 4.78 is 10.4. The zero-order valence-electron chi connectivity index (χ0n) is 15.3. The van der Waals surface area contributed by atoms with Crippen LogP contribution in [0.1, 0.15) is 35.1 Å².